The van der Waals surface area contributed by atoms with Gasteiger partial charge in [-0.2, -0.15) is 0 Å². The third kappa shape index (κ3) is 10.6. The molecule has 0 bridgehead atoms. The van der Waals surface area contributed by atoms with Crippen LogP contribution in [-0.4, -0.2) is 73.9 Å². The van der Waals surface area contributed by atoms with Crippen LogP contribution in [0.3, 0.4) is 0 Å². The Hall–Kier alpha value is -0.880. The van der Waals surface area contributed by atoms with Gasteiger partial charge in [0.1, 0.15) is 11.5 Å². The molecule has 2 aromatic carbocycles. The molecule has 0 aliphatic rings. The van der Waals surface area contributed by atoms with E-state index in [0.29, 0.717) is 0 Å². The summed E-state index contributed by atoms with van der Waals surface area (Å²) < 4.78 is 61.7. The average Bonchev–Trinajstić information content (AvgIpc) is 2.42. The standard InChI is InChI=1S/2C7H8O4S.Ca/c2*8-7-4-2-1-3-6(7)5-12(9,10)11;/h2*1-4,8H,5H2,(H,9,10,11);/q;;+2/p-2. The summed E-state index contributed by atoms with van der Waals surface area (Å²) in [4.78, 5) is 0. The molecule has 0 aliphatic carbocycles. The molecule has 2 aromatic rings. The molecule has 0 atom stereocenters. The van der Waals surface area contributed by atoms with Gasteiger partial charge in [-0.25, -0.2) is 16.8 Å². The second-order valence-electron chi connectivity index (χ2n) is 4.66. The minimum atomic E-state index is -4.31. The van der Waals surface area contributed by atoms with E-state index in [1.54, 1.807) is 24.3 Å². The number of phenols is 2. The first kappa shape index (κ1) is 24.1. The van der Waals surface area contributed by atoms with Gasteiger partial charge in [0.05, 0.1) is 31.7 Å². The predicted molar refractivity (Wildman–Crippen MR) is 88.8 cm³/mol. The zero-order valence-corrected chi connectivity index (χ0v) is 16.7. The van der Waals surface area contributed by atoms with Crippen LogP contribution >= 0.6 is 0 Å². The molecule has 0 unspecified atom stereocenters. The van der Waals surface area contributed by atoms with E-state index < -0.39 is 31.7 Å². The zero-order chi connectivity index (χ0) is 18.4. The number of aromatic hydroxyl groups is 2. The summed E-state index contributed by atoms with van der Waals surface area (Å²) in [6.07, 6.45) is 0. The van der Waals surface area contributed by atoms with Gasteiger partial charge >= 0.3 is 37.7 Å². The van der Waals surface area contributed by atoms with Crippen LogP contribution in [0.25, 0.3) is 0 Å². The largest absolute Gasteiger partial charge is 2.00 e. The van der Waals surface area contributed by atoms with E-state index in [9.17, 15) is 25.9 Å². The van der Waals surface area contributed by atoms with Crippen LogP contribution in [0.5, 0.6) is 11.5 Å². The summed E-state index contributed by atoms with van der Waals surface area (Å²) in [5.41, 5.74) is 0.264. The molecule has 0 aromatic heterocycles. The summed E-state index contributed by atoms with van der Waals surface area (Å²) in [6.45, 7) is 0. The number of hydrogen-bond donors (Lipinski definition) is 2. The van der Waals surface area contributed by atoms with Gasteiger partial charge in [-0.1, -0.05) is 36.4 Å². The van der Waals surface area contributed by atoms with Crippen molar-refractivity contribution in [2.45, 2.75) is 11.5 Å². The second kappa shape index (κ2) is 10.3. The molecule has 0 saturated carbocycles. The molecule has 0 radical (unpaired) electrons. The Kier molecular flexibility index (Phi) is 9.95. The van der Waals surface area contributed by atoms with Crippen molar-refractivity contribution in [3.8, 4) is 11.5 Å². The van der Waals surface area contributed by atoms with E-state index in [1.165, 1.54) is 24.3 Å². The Morgan fingerprint density at radius 1 is 0.680 bits per heavy atom. The van der Waals surface area contributed by atoms with Crippen molar-refractivity contribution in [1.29, 1.82) is 0 Å². The normalized spacial score (nSPS) is 11.0. The van der Waals surface area contributed by atoms with Crippen molar-refractivity contribution in [2.75, 3.05) is 0 Å². The maximum Gasteiger partial charge on any atom is 2.00 e. The Morgan fingerprint density at radius 3 is 1.20 bits per heavy atom. The minimum Gasteiger partial charge on any atom is -0.748 e. The van der Waals surface area contributed by atoms with Crippen LogP contribution < -0.4 is 0 Å². The number of para-hydroxylation sites is 2. The minimum absolute atomic E-state index is 0. The van der Waals surface area contributed by atoms with E-state index in [4.69, 9.17) is 10.2 Å². The predicted octanol–water partition coefficient (Wildman–Crippen LogP) is 0.494. The third-order valence-electron chi connectivity index (χ3n) is 2.65. The van der Waals surface area contributed by atoms with Crippen molar-refractivity contribution in [3.63, 3.8) is 0 Å². The average molecular weight is 414 g/mol. The smallest absolute Gasteiger partial charge is 0.748 e. The van der Waals surface area contributed by atoms with Gasteiger partial charge in [0.25, 0.3) is 0 Å². The maximum absolute atomic E-state index is 10.3. The SMILES string of the molecule is O=S(=O)([O-])Cc1ccccc1O.O=S(=O)([O-])Cc1ccccc1O.[Ca+2]. The molecular formula is C14H14CaO8S2. The van der Waals surface area contributed by atoms with Crippen LogP contribution in [0.1, 0.15) is 11.1 Å². The van der Waals surface area contributed by atoms with Crippen LogP contribution in [0.2, 0.25) is 0 Å². The van der Waals surface area contributed by atoms with Gasteiger partial charge in [0.15, 0.2) is 0 Å². The van der Waals surface area contributed by atoms with E-state index in [1.807, 2.05) is 0 Å². The summed E-state index contributed by atoms with van der Waals surface area (Å²) in [6, 6.07) is 11.7. The fourth-order valence-corrected chi connectivity index (χ4v) is 2.90. The third-order valence-corrected chi connectivity index (χ3v) is 3.98. The molecule has 0 aliphatic heterocycles. The molecule has 0 fully saturated rings. The van der Waals surface area contributed by atoms with E-state index in [-0.39, 0.29) is 60.4 Å². The van der Waals surface area contributed by atoms with E-state index >= 15 is 0 Å². The molecule has 2 rings (SSSR count). The Balaban J connectivity index is 0.000000443. The Morgan fingerprint density at radius 2 is 0.960 bits per heavy atom. The van der Waals surface area contributed by atoms with Crippen molar-refractivity contribution in [2.24, 2.45) is 0 Å². The number of phenolic OH excluding ortho intramolecular Hbond substituents is 2. The van der Waals surface area contributed by atoms with Gasteiger partial charge in [0.2, 0.25) is 0 Å². The van der Waals surface area contributed by atoms with E-state index in [2.05, 4.69) is 0 Å². The first-order valence-electron chi connectivity index (χ1n) is 6.39. The van der Waals surface area contributed by atoms with Crippen molar-refractivity contribution >= 4 is 58.0 Å². The van der Waals surface area contributed by atoms with Crippen LogP contribution in [0.15, 0.2) is 48.5 Å². The quantitative estimate of drug-likeness (QED) is 0.541. The van der Waals surface area contributed by atoms with Crippen LogP contribution in [0.4, 0.5) is 0 Å². The Bertz CT molecular complexity index is 819. The summed E-state index contributed by atoms with van der Waals surface area (Å²) in [7, 11) is -8.62. The molecule has 25 heavy (non-hydrogen) atoms. The first-order chi connectivity index (χ1) is 11.0. The second-order valence-corrected chi connectivity index (χ2v) is 7.47. The Labute approximate surface area is 175 Å². The molecule has 0 heterocycles. The fraction of sp³-hybridized carbons (Fsp3) is 0.143. The summed E-state index contributed by atoms with van der Waals surface area (Å²) in [5.74, 6) is -1.67. The molecule has 2 N–H and O–H groups in total. The van der Waals surface area contributed by atoms with Gasteiger partial charge in [-0.05, 0) is 12.1 Å². The van der Waals surface area contributed by atoms with Gasteiger partial charge in [-0.3, -0.25) is 0 Å². The molecule has 0 spiro atoms. The van der Waals surface area contributed by atoms with Gasteiger partial charge < -0.3 is 19.3 Å². The summed E-state index contributed by atoms with van der Waals surface area (Å²) in [5, 5.41) is 18.1. The fourth-order valence-electron chi connectivity index (χ4n) is 1.65. The van der Waals surface area contributed by atoms with Crippen LogP contribution in [0, 0.1) is 0 Å². The first-order valence-corrected chi connectivity index (χ1v) is 9.54. The van der Waals surface area contributed by atoms with Gasteiger partial charge in [-0.15, -0.1) is 0 Å². The molecule has 0 saturated heterocycles. The monoisotopic (exact) mass is 414 g/mol. The number of benzene rings is 2. The topological polar surface area (TPSA) is 155 Å². The van der Waals surface area contributed by atoms with Crippen LogP contribution in [-0.2, 0) is 31.7 Å². The van der Waals surface area contributed by atoms with Crippen molar-refractivity contribution < 1.29 is 36.2 Å². The molecular weight excluding hydrogens is 400 g/mol. The number of hydrogen-bond acceptors (Lipinski definition) is 8. The zero-order valence-electron chi connectivity index (χ0n) is 12.9. The van der Waals surface area contributed by atoms with E-state index in [0.717, 1.165) is 0 Å². The molecule has 0 amide bonds. The molecule has 11 heteroatoms. The van der Waals surface area contributed by atoms with Gasteiger partial charge in [0, 0.05) is 11.1 Å². The van der Waals surface area contributed by atoms with Crippen molar-refractivity contribution in [1.82, 2.24) is 0 Å². The molecule has 132 valence electrons. The number of rotatable bonds is 4. The molecule has 8 nitrogen and oxygen atoms in total. The summed E-state index contributed by atoms with van der Waals surface area (Å²) >= 11 is 0. The maximum atomic E-state index is 10.3. The van der Waals surface area contributed by atoms with Crippen molar-refractivity contribution in [3.05, 3.63) is 59.7 Å².